The van der Waals surface area contributed by atoms with Gasteiger partial charge in [-0.15, -0.1) is 0 Å². The largest absolute Gasteiger partial charge is 0.382 e. The number of nitrogens with two attached hydrogens (primary N) is 1. The van der Waals surface area contributed by atoms with Crippen LogP contribution >= 0.6 is 0 Å². The number of sulfonamides is 1. The van der Waals surface area contributed by atoms with Crippen molar-refractivity contribution in [2.75, 3.05) is 10.5 Å². The van der Waals surface area contributed by atoms with E-state index in [4.69, 9.17) is 11.0 Å². The van der Waals surface area contributed by atoms with Crippen molar-refractivity contribution in [2.24, 2.45) is 0 Å². The second-order valence-corrected chi connectivity index (χ2v) is 7.02. The topological polar surface area (TPSA) is 157 Å². The highest BCUT2D eigenvalue weighted by molar-refractivity contribution is 7.92. The van der Waals surface area contributed by atoms with Crippen LogP contribution in [0.15, 0.2) is 59.6 Å². The van der Waals surface area contributed by atoms with Crippen LogP contribution in [0.1, 0.15) is 5.56 Å². The molecule has 0 unspecified atom stereocenters. The molecule has 3 N–H and O–H groups in total. The number of nitrogen functional groups attached to an aromatic ring is 1. The van der Waals surface area contributed by atoms with Crippen LogP contribution < -0.4 is 10.5 Å². The minimum Gasteiger partial charge on any atom is -0.382 e. The Kier molecular flexibility index (Phi) is 4.49. The molecule has 0 aliphatic carbocycles. The molecule has 0 radical (unpaired) electrons. The van der Waals surface area contributed by atoms with Crippen molar-refractivity contribution >= 4 is 27.2 Å². The number of nitro groups is 1. The molecule has 11 heteroatoms. The van der Waals surface area contributed by atoms with Crippen LogP contribution in [0.5, 0.6) is 0 Å². The highest BCUT2D eigenvalue weighted by Gasteiger charge is 2.19. The summed E-state index contributed by atoms with van der Waals surface area (Å²) in [4.78, 5) is 9.95. The smallest absolute Gasteiger partial charge is 0.269 e. The Hall–Kier alpha value is -3.91. The molecule has 0 bridgehead atoms. The lowest BCUT2D eigenvalue weighted by Crippen LogP contribution is -2.15. The lowest BCUT2D eigenvalue weighted by atomic mass is 10.2. The number of nitrogens with one attached hydrogen (secondary N) is 1. The fourth-order valence-corrected chi connectivity index (χ4v) is 3.41. The SMILES string of the molecule is N#Cc1cnn(-c2ccccc2NS(=O)(=O)c2ccc([N+](=O)[O-])cc2)c1N. The fraction of sp³-hybridized carbons (Fsp3) is 0. The minimum absolute atomic E-state index is 0.0690. The van der Waals surface area contributed by atoms with Crippen molar-refractivity contribution in [3.05, 3.63) is 70.4 Å². The zero-order chi connectivity index (χ0) is 19.6. The van der Waals surface area contributed by atoms with Crippen molar-refractivity contribution in [1.29, 1.82) is 5.26 Å². The summed E-state index contributed by atoms with van der Waals surface area (Å²) >= 11 is 0. The number of nitro benzene ring substituents is 1. The van der Waals surface area contributed by atoms with Crippen molar-refractivity contribution in [3.63, 3.8) is 0 Å². The average Bonchev–Trinajstić information content (AvgIpc) is 3.02. The van der Waals surface area contributed by atoms with Crippen molar-refractivity contribution < 1.29 is 13.3 Å². The van der Waals surface area contributed by atoms with Gasteiger partial charge in [0.25, 0.3) is 15.7 Å². The summed E-state index contributed by atoms with van der Waals surface area (Å²) in [5.74, 6) is 0.0690. The molecule has 2 aromatic carbocycles. The zero-order valence-corrected chi connectivity index (χ0v) is 14.4. The molecule has 0 atom stereocenters. The third-order valence-electron chi connectivity index (χ3n) is 3.66. The highest BCUT2D eigenvalue weighted by Crippen LogP contribution is 2.26. The third kappa shape index (κ3) is 3.42. The molecule has 0 saturated carbocycles. The molecule has 0 amide bonds. The second kappa shape index (κ2) is 6.77. The number of anilines is 2. The van der Waals surface area contributed by atoms with E-state index in [1.54, 1.807) is 18.2 Å². The van der Waals surface area contributed by atoms with Crippen LogP contribution in [-0.2, 0) is 10.0 Å². The Morgan fingerprint density at radius 2 is 1.85 bits per heavy atom. The maximum absolute atomic E-state index is 12.6. The first-order valence-electron chi connectivity index (χ1n) is 7.44. The molecular weight excluding hydrogens is 372 g/mol. The number of non-ortho nitro benzene ring substituents is 1. The summed E-state index contributed by atoms with van der Waals surface area (Å²) in [5.41, 5.74) is 6.30. The van der Waals surface area contributed by atoms with Gasteiger partial charge in [-0.2, -0.15) is 10.4 Å². The van der Waals surface area contributed by atoms with Crippen LogP contribution in [0.2, 0.25) is 0 Å². The number of nitrogens with zero attached hydrogens (tertiary/aromatic N) is 4. The molecule has 1 aromatic heterocycles. The maximum Gasteiger partial charge on any atom is 0.269 e. The van der Waals surface area contributed by atoms with Gasteiger partial charge >= 0.3 is 0 Å². The molecule has 0 aliphatic heterocycles. The monoisotopic (exact) mass is 384 g/mol. The highest BCUT2D eigenvalue weighted by atomic mass is 32.2. The predicted octanol–water partition coefficient (Wildman–Crippen LogP) is 2.04. The van der Waals surface area contributed by atoms with E-state index in [1.807, 2.05) is 6.07 Å². The van der Waals surface area contributed by atoms with E-state index in [2.05, 4.69) is 9.82 Å². The van der Waals surface area contributed by atoms with Gasteiger partial charge in [0.05, 0.1) is 27.4 Å². The van der Waals surface area contributed by atoms with E-state index < -0.39 is 14.9 Å². The van der Waals surface area contributed by atoms with E-state index in [1.165, 1.54) is 16.9 Å². The van der Waals surface area contributed by atoms with Crippen LogP contribution in [-0.4, -0.2) is 23.1 Å². The average molecular weight is 384 g/mol. The van der Waals surface area contributed by atoms with E-state index >= 15 is 0 Å². The van der Waals surface area contributed by atoms with Crippen LogP contribution in [0.4, 0.5) is 17.2 Å². The number of nitriles is 1. The molecule has 10 nitrogen and oxygen atoms in total. The Morgan fingerprint density at radius 1 is 1.19 bits per heavy atom. The Morgan fingerprint density at radius 3 is 2.44 bits per heavy atom. The number of para-hydroxylation sites is 2. The molecule has 3 aromatic rings. The summed E-state index contributed by atoms with van der Waals surface area (Å²) < 4.78 is 28.9. The van der Waals surface area contributed by atoms with Gasteiger partial charge in [0.1, 0.15) is 17.5 Å². The maximum atomic E-state index is 12.6. The Balaban J connectivity index is 1.99. The summed E-state index contributed by atoms with van der Waals surface area (Å²) in [6.07, 6.45) is 1.27. The van der Waals surface area contributed by atoms with E-state index in [9.17, 15) is 18.5 Å². The molecule has 136 valence electrons. The molecular formula is C16H12N6O4S. The van der Waals surface area contributed by atoms with Crippen LogP contribution in [0.25, 0.3) is 5.69 Å². The number of hydrogen-bond acceptors (Lipinski definition) is 7. The number of rotatable bonds is 5. The molecule has 0 aliphatic rings. The van der Waals surface area contributed by atoms with Gasteiger partial charge in [-0.05, 0) is 24.3 Å². The Bertz CT molecular complexity index is 1160. The van der Waals surface area contributed by atoms with Crippen LogP contribution in [0.3, 0.4) is 0 Å². The van der Waals surface area contributed by atoms with Crippen LogP contribution in [0, 0.1) is 21.4 Å². The van der Waals surface area contributed by atoms with E-state index in [0.717, 1.165) is 24.3 Å². The molecule has 3 rings (SSSR count). The number of hydrogen-bond donors (Lipinski definition) is 2. The van der Waals surface area contributed by atoms with Crippen molar-refractivity contribution in [3.8, 4) is 11.8 Å². The predicted molar refractivity (Wildman–Crippen MR) is 96.6 cm³/mol. The molecule has 0 fully saturated rings. The number of aromatic nitrogens is 2. The number of benzene rings is 2. The second-order valence-electron chi connectivity index (χ2n) is 5.34. The lowest BCUT2D eigenvalue weighted by Gasteiger charge is -2.13. The van der Waals surface area contributed by atoms with Gasteiger partial charge in [0.2, 0.25) is 0 Å². The van der Waals surface area contributed by atoms with Crippen molar-refractivity contribution in [1.82, 2.24) is 9.78 Å². The molecule has 1 heterocycles. The van der Waals surface area contributed by atoms with Gasteiger partial charge in [-0.3, -0.25) is 14.8 Å². The van der Waals surface area contributed by atoms with Gasteiger partial charge in [0, 0.05) is 12.1 Å². The first-order chi connectivity index (χ1) is 12.8. The van der Waals surface area contributed by atoms with E-state index in [0.29, 0.717) is 5.69 Å². The quantitative estimate of drug-likeness (QED) is 0.503. The summed E-state index contributed by atoms with van der Waals surface area (Å²) in [6, 6.07) is 12.7. The normalized spacial score (nSPS) is 10.9. The van der Waals surface area contributed by atoms with Crippen molar-refractivity contribution in [2.45, 2.75) is 4.90 Å². The minimum atomic E-state index is -4.02. The van der Waals surface area contributed by atoms with E-state index in [-0.39, 0.29) is 27.7 Å². The van der Waals surface area contributed by atoms with Gasteiger partial charge < -0.3 is 5.73 Å². The standard InChI is InChI=1S/C16H12N6O4S/c17-9-11-10-19-21(16(11)18)15-4-2-1-3-14(15)20-27(25,26)13-7-5-12(6-8-13)22(23)24/h1-8,10,20H,18H2. The summed E-state index contributed by atoms with van der Waals surface area (Å²) in [6.45, 7) is 0. The molecule has 0 spiro atoms. The Labute approximate surface area is 153 Å². The van der Waals surface area contributed by atoms with Gasteiger partial charge in [-0.1, -0.05) is 12.1 Å². The van der Waals surface area contributed by atoms with Gasteiger partial charge in [0.15, 0.2) is 0 Å². The first-order valence-corrected chi connectivity index (χ1v) is 8.92. The summed E-state index contributed by atoms with van der Waals surface area (Å²) in [5, 5.41) is 23.7. The fourth-order valence-electron chi connectivity index (χ4n) is 2.33. The molecule has 27 heavy (non-hydrogen) atoms. The first kappa shape index (κ1) is 17.9. The zero-order valence-electron chi connectivity index (χ0n) is 13.6. The summed E-state index contributed by atoms with van der Waals surface area (Å²) in [7, 11) is -4.02. The lowest BCUT2D eigenvalue weighted by molar-refractivity contribution is -0.384. The molecule has 0 saturated heterocycles. The third-order valence-corrected chi connectivity index (χ3v) is 5.04. The van der Waals surface area contributed by atoms with Gasteiger partial charge in [-0.25, -0.2) is 13.1 Å².